The predicted octanol–water partition coefficient (Wildman–Crippen LogP) is 4.72. The predicted molar refractivity (Wildman–Crippen MR) is 106 cm³/mol. The molecule has 0 unspecified atom stereocenters. The Morgan fingerprint density at radius 2 is 1.89 bits per heavy atom. The summed E-state index contributed by atoms with van der Waals surface area (Å²) in [5.74, 6) is 0.330. The van der Waals surface area contributed by atoms with Crippen molar-refractivity contribution < 1.29 is 14.3 Å². The van der Waals surface area contributed by atoms with Gasteiger partial charge in [-0.2, -0.15) is 5.26 Å². The highest BCUT2D eigenvalue weighted by Crippen LogP contribution is 2.30. The third kappa shape index (κ3) is 3.06. The molecule has 5 nitrogen and oxygen atoms in total. The minimum Gasteiger partial charge on any atom is -0.489 e. The normalized spacial score (nSPS) is 10.7. The molecule has 0 fully saturated rings. The summed E-state index contributed by atoms with van der Waals surface area (Å²) in [4.78, 5) is 12.5. The van der Waals surface area contributed by atoms with Crippen LogP contribution in [0, 0.1) is 11.3 Å². The van der Waals surface area contributed by atoms with E-state index in [9.17, 15) is 10.1 Å². The average Bonchev–Trinajstić information content (AvgIpc) is 3.06. The first-order valence-electron chi connectivity index (χ1n) is 9.03. The van der Waals surface area contributed by atoms with Crippen molar-refractivity contribution in [2.45, 2.75) is 13.5 Å². The lowest BCUT2D eigenvalue weighted by molar-refractivity contribution is 0.0531. The van der Waals surface area contributed by atoms with Crippen molar-refractivity contribution in [1.29, 1.82) is 5.26 Å². The molecular formula is C23H18N2O3. The summed E-state index contributed by atoms with van der Waals surface area (Å²) in [7, 11) is 0. The summed E-state index contributed by atoms with van der Waals surface area (Å²) in [6.07, 6.45) is 1.91. The van der Waals surface area contributed by atoms with Crippen LogP contribution in [0.5, 0.6) is 5.75 Å². The van der Waals surface area contributed by atoms with Gasteiger partial charge in [0.05, 0.1) is 34.8 Å². The second-order valence-corrected chi connectivity index (χ2v) is 6.29. The molecule has 0 aliphatic carbocycles. The maximum atomic E-state index is 12.5. The Morgan fingerprint density at radius 1 is 1.07 bits per heavy atom. The van der Waals surface area contributed by atoms with Crippen molar-refractivity contribution in [3.05, 3.63) is 83.6 Å². The van der Waals surface area contributed by atoms with Crippen LogP contribution in [0.1, 0.15) is 28.4 Å². The van der Waals surface area contributed by atoms with Crippen LogP contribution in [-0.4, -0.2) is 17.0 Å². The molecule has 0 aliphatic rings. The molecule has 28 heavy (non-hydrogen) atoms. The summed E-state index contributed by atoms with van der Waals surface area (Å²) in [6, 6.07) is 20.9. The molecule has 0 spiro atoms. The fourth-order valence-electron chi connectivity index (χ4n) is 3.34. The molecule has 0 N–H and O–H groups in total. The topological polar surface area (TPSA) is 63.7 Å². The molecule has 0 saturated carbocycles. The first-order chi connectivity index (χ1) is 13.7. The highest BCUT2D eigenvalue weighted by molar-refractivity contribution is 6.11. The van der Waals surface area contributed by atoms with E-state index in [1.165, 1.54) is 0 Å². The van der Waals surface area contributed by atoms with Crippen LogP contribution in [0.25, 0.3) is 16.4 Å². The largest absolute Gasteiger partial charge is 0.489 e. The second kappa shape index (κ2) is 7.45. The fourth-order valence-corrected chi connectivity index (χ4v) is 3.34. The Kier molecular flexibility index (Phi) is 4.69. The molecule has 2 aromatic heterocycles. The Bertz CT molecular complexity index is 1220. The smallest absolute Gasteiger partial charge is 0.340 e. The van der Waals surface area contributed by atoms with Crippen LogP contribution in [0.4, 0.5) is 0 Å². The van der Waals surface area contributed by atoms with Gasteiger partial charge in [-0.3, -0.25) is 0 Å². The molecule has 0 radical (unpaired) electrons. The van der Waals surface area contributed by atoms with Gasteiger partial charge in [-0.05, 0) is 37.3 Å². The van der Waals surface area contributed by atoms with E-state index in [-0.39, 0.29) is 5.97 Å². The number of aromatic nitrogens is 1. The minimum absolute atomic E-state index is 0.295. The Labute approximate surface area is 162 Å². The highest BCUT2D eigenvalue weighted by atomic mass is 16.5. The number of nitrogens with zero attached hydrogens (tertiary/aromatic N) is 2. The van der Waals surface area contributed by atoms with Gasteiger partial charge in [0.2, 0.25) is 0 Å². The lowest BCUT2D eigenvalue weighted by atomic mass is 10.1. The molecule has 4 rings (SSSR count). The molecule has 0 amide bonds. The van der Waals surface area contributed by atoms with Crippen LogP contribution >= 0.6 is 0 Å². The Hall–Kier alpha value is -3.78. The van der Waals surface area contributed by atoms with E-state index in [4.69, 9.17) is 9.47 Å². The third-order valence-corrected chi connectivity index (χ3v) is 4.63. The van der Waals surface area contributed by atoms with E-state index < -0.39 is 0 Å². The summed E-state index contributed by atoms with van der Waals surface area (Å²) >= 11 is 0. The van der Waals surface area contributed by atoms with Gasteiger partial charge in [0.1, 0.15) is 12.4 Å². The zero-order valence-electron chi connectivity index (χ0n) is 15.4. The molecule has 0 saturated heterocycles. The Morgan fingerprint density at radius 3 is 2.71 bits per heavy atom. The molecule has 4 aromatic rings. The van der Waals surface area contributed by atoms with Gasteiger partial charge in [-0.1, -0.05) is 24.3 Å². The van der Waals surface area contributed by atoms with Gasteiger partial charge in [-0.15, -0.1) is 0 Å². The summed E-state index contributed by atoms with van der Waals surface area (Å²) in [5, 5.41) is 10.0. The van der Waals surface area contributed by atoms with E-state index in [0.717, 1.165) is 22.0 Å². The number of ether oxygens (including phenoxy) is 2. The average molecular weight is 370 g/mol. The molecule has 2 heterocycles. The van der Waals surface area contributed by atoms with E-state index in [0.29, 0.717) is 30.1 Å². The lowest BCUT2D eigenvalue weighted by Gasteiger charge is -2.08. The van der Waals surface area contributed by atoms with Gasteiger partial charge >= 0.3 is 5.97 Å². The zero-order valence-corrected chi connectivity index (χ0v) is 15.4. The number of benzene rings is 2. The SMILES string of the molecule is CCOC(=O)c1c2ccc(OCc3ccccc3C#N)cc2n2ccccc12. The number of hydrogen-bond acceptors (Lipinski definition) is 4. The van der Waals surface area contributed by atoms with Crippen molar-refractivity contribution in [2.24, 2.45) is 0 Å². The van der Waals surface area contributed by atoms with Gasteiger partial charge in [-0.25, -0.2) is 4.79 Å². The van der Waals surface area contributed by atoms with Crippen LogP contribution in [0.2, 0.25) is 0 Å². The molecule has 0 bridgehead atoms. The molecule has 5 heteroatoms. The number of nitriles is 1. The first kappa shape index (κ1) is 17.6. The highest BCUT2D eigenvalue weighted by Gasteiger charge is 2.19. The number of fused-ring (bicyclic) bond motifs is 3. The monoisotopic (exact) mass is 370 g/mol. The standard InChI is InChI=1S/C23H18N2O3/c1-2-27-23(26)22-19-11-10-18(13-21(19)25-12-6-5-9-20(22)25)28-15-17-8-4-3-7-16(17)14-24/h3-13H,2,15H2,1H3. The van der Waals surface area contributed by atoms with E-state index in [2.05, 4.69) is 6.07 Å². The van der Waals surface area contributed by atoms with E-state index >= 15 is 0 Å². The van der Waals surface area contributed by atoms with Gasteiger partial charge in [0, 0.05) is 23.2 Å². The number of carbonyl (C=O) groups excluding carboxylic acids is 1. The summed E-state index contributed by atoms with van der Waals surface area (Å²) < 4.78 is 13.1. The van der Waals surface area contributed by atoms with Crippen molar-refractivity contribution in [2.75, 3.05) is 6.61 Å². The maximum Gasteiger partial charge on any atom is 0.340 e. The Balaban J connectivity index is 1.74. The van der Waals surface area contributed by atoms with Crippen LogP contribution in [0.15, 0.2) is 66.9 Å². The maximum absolute atomic E-state index is 12.5. The van der Waals surface area contributed by atoms with Crippen molar-refractivity contribution in [3.8, 4) is 11.8 Å². The van der Waals surface area contributed by atoms with Crippen LogP contribution in [-0.2, 0) is 11.3 Å². The van der Waals surface area contributed by atoms with E-state index in [1.54, 1.807) is 13.0 Å². The number of rotatable bonds is 5. The van der Waals surface area contributed by atoms with Crippen LogP contribution in [0.3, 0.4) is 0 Å². The third-order valence-electron chi connectivity index (χ3n) is 4.63. The second-order valence-electron chi connectivity index (χ2n) is 6.29. The van der Waals surface area contributed by atoms with E-state index in [1.807, 2.05) is 65.2 Å². The quantitative estimate of drug-likeness (QED) is 0.477. The molecule has 138 valence electrons. The summed E-state index contributed by atoms with van der Waals surface area (Å²) in [6.45, 7) is 2.41. The minimum atomic E-state index is -0.335. The van der Waals surface area contributed by atoms with Crippen molar-refractivity contribution >= 4 is 22.4 Å². The lowest BCUT2D eigenvalue weighted by Crippen LogP contribution is -2.04. The number of pyridine rings is 1. The van der Waals surface area contributed by atoms with Gasteiger partial charge < -0.3 is 13.9 Å². The number of carbonyl (C=O) groups is 1. The van der Waals surface area contributed by atoms with Gasteiger partial charge in [0.25, 0.3) is 0 Å². The van der Waals surface area contributed by atoms with Crippen molar-refractivity contribution in [3.63, 3.8) is 0 Å². The zero-order chi connectivity index (χ0) is 19.5. The fraction of sp³-hybridized carbons (Fsp3) is 0.130. The summed E-state index contributed by atoms with van der Waals surface area (Å²) in [5.41, 5.74) is 3.64. The van der Waals surface area contributed by atoms with Crippen LogP contribution < -0.4 is 4.74 Å². The molecule has 0 aliphatic heterocycles. The molecule has 0 atom stereocenters. The number of esters is 1. The molecule has 2 aromatic carbocycles. The van der Waals surface area contributed by atoms with Crippen molar-refractivity contribution in [1.82, 2.24) is 4.40 Å². The first-order valence-corrected chi connectivity index (χ1v) is 9.03. The molecular weight excluding hydrogens is 352 g/mol. The number of hydrogen-bond donors (Lipinski definition) is 0. The van der Waals surface area contributed by atoms with Gasteiger partial charge in [0.15, 0.2) is 0 Å².